The number of hydrogen-bond acceptors (Lipinski definition) is 2. The first kappa shape index (κ1) is 14.5. The summed E-state index contributed by atoms with van der Waals surface area (Å²) in [4.78, 5) is 0. The third-order valence-electron chi connectivity index (χ3n) is 3.45. The van der Waals surface area contributed by atoms with Crippen LogP contribution in [0, 0.1) is 0 Å². The van der Waals surface area contributed by atoms with Crippen LogP contribution in [0.5, 0.6) is 11.5 Å². The summed E-state index contributed by atoms with van der Waals surface area (Å²) in [5.41, 5.74) is 2.35. The van der Waals surface area contributed by atoms with E-state index in [1.807, 2.05) is 24.3 Å². The van der Waals surface area contributed by atoms with Gasteiger partial charge < -0.3 is 14.8 Å². The second-order valence-corrected chi connectivity index (χ2v) is 5.80. The van der Waals surface area contributed by atoms with Crippen LogP contribution in [0.4, 0.5) is 0 Å². The van der Waals surface area contributed by atoms with Crippen molar-refractivity contribution in [2.45, 2.75) is 13.0 Å². The predicted octanol–water partition coefficient (Wildman–Crippen LogP) is 3.03. The van der Waals surface area contributed by atoms with Crippen LogP contribution in [0.1, 0.15) is 11.1 Å². The minimum atomic E-state index is 0.317. The number of ether oxygens (including phenoxy) is 2. The first-order valence-electron chi connectivity index (χ1n) is 6.86. The van der Waals surface area contributed by atoms with E-state index in [2.05, 4.69) is 11.4 Å². The molecule has 0 atom stereocenters. The highest BCUT2D eigenvalue weighted by molar-refractivity contribution is 6.35. The Morgan fingerprint density at radius 2 is 1.86 bits per heavy atom. The van der Waals surface area contributed by atoms with Gasteiger partial charge >= 0.3 is 0 Å². The van der Waals surface area contributed by atoms with Gasteiger partial charge in [-0.1, -0.05) is 29.3 Å². The molecule has 110 valence electrons. The quantitative estimate of drug-likeness (QED) is 0.858. The standard InChI is InChI=1S/C16H15Cl2NO2/c17-13-3-2-12(14(18)8-13)5-6-19-9-11-1-4-15-16(7-11)21-10-20-15/h1-4,7-8,19H,5-6,9-10H2/p+1. The van der Waals surface area contributed by atoms with Crippen LogP contribution in [-0.2, 0) is 13.0 Å². The van der Waals surface area contributed by atoms with Crippen molar-refractivity contribution in [3.8, 4) is 11.5 Å². The van der Waals surface area contributed by atoms with Crippen molar-refractivity contribution >= 4 is 23.2 Å². The number of quaternary nitrogens is 1. The molecule has 0 fully saturated rings. The van der Waals surface area contributed by atoms with E-state index in [0.717, 1.165) is 41.6 Å². The monoisotopic (exact) mass is 324 g/mol. The van der Waals surface area contributed by atoms with Gasteiger partial charge in [0.2, 0.25) is 6.79 Å². The summed E-state index contributed by atoms with van der Waals surface area (Å²) in [6.07, 6.45) is 0.917. The Balaban J connectivity index is 1.50. The second-order valence-electron chi connectivity index (χ2n) is 4.95. The molecule has 2 aromatic rings. The molecule has 5 heteroatoms. The van der Waals surface area contributed by atoms with Gasteiger partial charge in [0.05, 0.1) is 6.54 Å². The molecule has 1 aliphatic rings. The number of halogens is 2. The van der Waals surface area contributed by atoms with Crippen molar-refractivity contribution in [3.05, 3.63) is 57.6 Å². The zero-order valence-electron chi connectivity index (χ0n) is 11.4. The van der Waals surface area contributed by atoms with Crippen molar-refractivity contribution in [2.75, 3.05) is 13.3 Å². The fraction of sp³-hybridized carbons (Fsp3) is 0.250. The molecule has 0 unspecified atom stereocenters. The topological polar surface area (TPSA) is 35.1 Å². The van der Waals surface area contributed by atoms with Gasteiger partial charge in [-0.15, -0.1) is 0 Å². The maximum Gasteiger partial charge on any atom is 0.231 e. The molecule has 0 spiro atoms. The molecule has 3 rings (SSSR count). The summed E-state index contributed by atoms with van der Waals surface area (Å²) in [6, 6.07) is 11.7. The van der Waals surface area contributed by atoms with Crippen LogP contribution < -0.4 is 14.8 Å². The summed E-state index contributed by atoms with van der Waals surface area (Å²) in [5.74, 6) is 1.66. The smallest absolute Gasteiger partial charge is 0.231 e. The van der Waals surface area contributed by atoms with E-state index >= 15 is 0 Å². The number of benzene rings is 2. The van der Waals surface area contributed by atoms with Gasteiger partial charge in [-0.2, -0.15) is 0 Å². The van der Waals surface area contributed by atoms with Gasteiger partial charge in [0.1, 0.15) is 6.54 Å². The Morgan fingerprint density at radius 1 is 1.00 bits per heavy atom. The van der Waals surface area contributed by atoms with Crippen molar-refractivity contribution in [2.24, 2.45) is 0 Å². The third kappa shape index (κ3) is 3.62. The molecule has 0 amide bonds. The van der Waals surface area contributed by atoms with E-state index in [-0.39, 0.29) is 0 Å². The molecular weight excluding hydrogens is 309 g/mol. The summed E-state index contributed by atoms with van der Waals surface area (Å²) < 4.78 is 10.7. The van der Waals surface area contributed by atoms with Crippen LogP contribution >= 0.6 is 23.2 Å². The Hall–Kier alpha value is -1.42. The minimum absolute atomic E-state index is 0.317. The molecule has 0 radical (unpaired) electrons. The second kappa shape index (κ2) is 6.56. The highest BCUT2D eigenvalue weighted by Crippen LogP contribution is 2.32. The SMILES string of the molecule is Clc1ccc(CC[NH2+]Cc2ccc3c(c2)OCO3)c(Cl)c1. The number of hydrogen-bond donors (Lipinski definition) is 1. The maximum atomic E-state index is 6.16. The highest BCUT2D eigenvalue weighted by Gasteiger charge is 2.13. The van der Waals surface area contributed by atoms with E-state index in [9.17, 15) is 0 Å². The van der Waals surface area contributed by atoms with Gasteiger partial charge in [0.15, 0.2) is 11.5 Å². The molecule has 1 heterocycles. The average Bonchev–Trinajstić information content (AvgIpc) is 2.93. The summed E-state index contributed by atoms with van der Waals surface area (Å²) in [5, 5.41) is 3.66. The molecule has 0 aromatic heterocycles. The van der Waals surface area contributed by atoms with Gasteiger partial charge in [0.25, 0.3) is 0 Å². The lowest BCUT2D eigenvalue weighted by atomic mass is 10.1. The fourth-order valence-electron chi connectivity index (χ4n) is 2.32. The zero-order valence-corrected chi connectivity index (χ0v) is 13.0. The van der Waals surface area contributed by atoms with Crippen LogP contribution in [0.25, 0.3) is 0 Å². The normalized spacial score (nSPS) is 12.7. The molecule has 1 aliphatic heterocycles. The summed E-state index contributed by atoms with van der Waals surface area (Å²) in [6.45, 7) is 2.19. The molecule has 0 saturated carbocycles. The molecule has 2 aromatic carbocycles. The van der Waals surface area contributed by atoms with E-state index < -0.39 is 0 Å². The molecule has 0 bridgehead atoms. The van der Waals surface area contributed by atoms with Gasteiger partial charge in [-0.25, -0.2) is 0 Å². The maximum absolute atomic E-state index is 6.16. The molecule has 21 heavy (non-hydrogen) atoms. The third-order valence-corrected chi connectivity index (χ3v) is 4.04. The lowest BCUT2D eigenvalue weighted by Crippen LogP contribution is -2.83. The first-order chi connectivity index (χ1) is 10.2. The van der Waals surface area contributed by atoms with Gasteiger partial charge in [-0.05, 0) is 35.9 Å². The molecule has 3 nitrogen and oxygen atoms in total. The van der Waals surface area contributed by atoms with Crippen LogP contribution in [0.3, 0.4) is 0 Å². The summed E-state index contributed by atoms with van der Waals surface area (Å²) >= 11 is 12.1. The Kier molecular flexibility index (Phi) is 4.54. The van der Waals surface area contributed by atoms with E-state index in [1.54, 1.807) is 6.07 Å². The van der Waals surface area contributed by atoms with Crippen LogP contribution in [-0.4, -0.2) is 13.3 Å². The van der Waals surface area contributed by atoms with Crippen molar-refractivity contribution < 1.29 is 14.8 Å². The number of rotatable bonds is 5. The average molecular weight is 325 g/mol. The Morgan fingerprint density at radius 3 is 2.71 bits per heavy atom. The van der Waals surface area contributed by atoms with Crippen molar-refractivity contribution in [3.63, 3.8) is 0 Å². The Bertz CT molecular complexity index is 646. The number of fused-ring (bicyclic) bond motifs is 1. The van der Waals surface area contributed by atoms with Crippen molar-refractivity contribution in [1.29, 1.82) is 0 Å². The Labute approximate surface area is 133 Å². The largest absolute Gasteiger partial charge is 0.454 e. The summed E-state index contributed by atoms with van der Waals surface area (Å²) in [7, 11) is 0. The zero-order chi connectivity index (χ0) is 14.7. The van der Waals surface area contributed by atoms with Gasteiger partial charge in [0, 0.05) is 22.0 Å². The molecule has 0 saturated heterocycles. The highest BCUT2D eigenvalue weighted by atomic mass is 35.5. The minimum Gasteiger partial charge on any atom is -0.454 e. The number of nitrogens with two attached hydrogens (primary N) is 1. The lowest BCUT2D eigenvalue weighted by molar-refractivity contribution is -0.670. The van der Waals surface area contributed by atoms with Crippen molar-refractivity contribution in [1.82, 2.24) is 0 Å². The molecular formula is C16H16Cl2NO2+. The van der Waals surface area contributed by atoms with E-state index in [0.29, 0.717) is 11.8 Å². The lowest BCUT2D eigenvalue weighted by Gasteiger charge is -2.05. The van der Waals surface area contributed by atoms with E-state index in [1.165, 1.54) is 5.56 Å². The van der Waals surface area contributed by atoms with Crippen LogP contribution in [0.15, 0.2) is 36.4 Å². The molecule has 2 N–H and O–H groups in total. The first-order valence-corrected chi connectivity index (χ1v) is 7.62. The van der Waals surface area contributed by atoms with Crippen LogP contribution in [0.2, 0.25) is 10.0 Å². The van der Waals surface area contributed by atoms with E-state index in [4.69, 9.17) is 32.7 Å². The molecule has 0 aliphatic carbocycles. The predicted molar refractivity (Wildman–Crippen MR) is 83.2 cm³/mol. The fourth-order valence-corrected chi connectivity index (χ4v) is 2.82. The van der Waals surface area contributed by atoms with Gasteiger partial charge in [-0.3, -0.25) is 0 Å².